The summed E-state index contributed by atoms with van der Waals surface area (Å²) in [6, 6.07) is 8.60. The lowest BCUT2D eigenvalue weighted by molar-refractivity contribution is 0.412. The average Bonchev–Trinajstić information content (AvgIpc) is 2.47. The maximum atomic E-state index is 5.98. The Labute approximate surface area is 124 Å². The van der Waals surface area contributed by atoms with Crippen molar-refractivity contribution in [3.63, 3.8) is 0 Å². The number of anilines is 1. The number of nitrogens with one attached hydrogen (secondary N) is 1. The van der Waals surface area contributed by atoms with Gasteiger partial charge in [0.2, 0.25) is 0 Å². The molecule has 2 aromatic rings. The molecule has 0 radical (unpaired) electrons. The maximum Gasteiger partial charge on any atom is 0.198 e. The van der Waals surface area contributed by atoms with Crippen molar-refractivity contribution in [2.45, 2.75) is 26.3 Å². The third kappa shape index (κ3) is 3.20. The quantitative estimate of drug-likeness (QED) is 0.850. The van der Waals surface area contributed by atoms with E-state index >= 15 is 0 Å². The Morgan fingerprint density at radius 1 is 1.25 bits per heavy atom. The number of hydrogen-bond donors (Lipinski definition) is 1. The summed E-state index contributed by atoms with van der Waals surface area (Å²) in [5.74, 6) is 1.06. The third-order valence-electron chi connectivity index (χ3n) is 3.21. The smallest absolute Gasteiger partial charge is 0.198 e. The van der Waals surface area contributed by atoms with Gasteiger partial charge in [-0.25, -0.2) is 9.97 Å². The minimum Gasteiger partial charge on any atom is -0.490 e. The van der Waals surface area contributed by atoms with Crippen LogP contribution in [0.2, 0.25) is 5.15 Å². The Balaban J connectivity index is 2.18. The monoisotopic (exact) mass is 291 g/mol. The van der Waals surface area contributed by atoms with Crippen LogP contribution in [0.3, 0.4) is 0 Å². The van der Waals surface area contributed by atoms with E-state index in [0.717, 1.165) is 6.42 Å². The zero-order valence-electron chi connectivity index (χ0n) is 11.9. The molecule has 4 nitrogen and oxygen atoms in total. The van der Waals surface area contributed by atoms with Crippen molar-refractivity contribution in [2.75, 3.05) is 12.4 Å². The summed E-state index contributed by atoms with van der Waals surface area (Å²) in [5.41, 5.74) is 2.50. The van der Waals surface area contributed by atoms with Crippen LogP contribution in [0.25, 0.3) is 0 Å². The largest absolute Gasteiger partial charge is 0.490 e. The van der Waals surface area contributed by atoms with E-state index in [4.69, 9.17) is 16.3 Å². The Hall–Kier alpha value is -1.81. The molecule has 0 saturated carbocycles. The second kappa shape index (κ2) is 6.57. The van der Waals surface area contributed by atoms with Crippen molar-refractivity contribution in [1.29, 1.82) is 0 Å². The molecule has 1 atom stereocenters. The molecular formula is C15H18ClN3O. The summed E-state index contributed by atoms with van der Waals surface area (Å²) in [5, 5.41) is 3.60. The van der Waals surface area contributed by atoms with Gasteiger partial charge in [0.05, 0.1) is 13.2 Å². The Morgan fingerprint density at radius 3 is 2.55 bits per heavy atom. The molecule has 0 aliphatic rings. The van der Waals surface area contributed by atoms with Gasteiger partial charge in [-0.3, -0.25) is 0 Å². The fraction of sp³-hybridized carbons (Fsp3) is 0.333. The molecule has 1 unspecified atom stereocenters. The zero-order chi connectivity index (χ0) is 14.5. The molecule has 0 saturated heterocycles. The van der Waals surface area contributed by atoms with E-state index in [1.54, 1.807) is 7.11 Å². The van der Waals surface area contributed by atoms with E-state index in [-0.39, 0.29) is 6.04 Å². The van der Waals surface area contributed by atoms with Crippen LogP contribution in [0, 0.1) is 0 Å². The van der Waals surface area contributed by atoms with Crippen molar-refractivity contribution in [3.05, 3.63) is 46.9 Å². The molecule has 1 aromatic carbocycles. The molecule has 1 N–H and O–H groups in total. The number of nitrogens with zero attached hydrogens (tertiary/aromatic N) is 2. The van der Waals surface area contributed by atoms with Gasteiger partial charge in [-0.15, -0.1) is 0 Å². The van der Waals surface area contributed by atoms with E-state index in [0.29, 0.717) is 16.7 Å². The molecule has 5 heteroatoms. The predicted octanol–water partition coefficient (Wildman–Crippen LogP) is 3.87. The summed E-state index contributed by atoms with van der Waals surface area (Å²) in [4.78, 5) is 8.08. The number of rotatable bonds is 5. The van der Waals surface area contributed by atoms with Crippen molar-refractivity contribution in [2.24, 2.45) is 0 Å². The van der Waals surface area contributed by atoms with Crippen LogP contribution < -0.4 is 10.1 Å². The third-order valence-corrected chi connectivity index (χ3v) is 3.47. The van der Waals surface area contributed by atoms with Crippen LogP contribution in [0.15, 0.2) is 30.6 Å². The molecule has 0 aliphatic carbocycles. The van der Waals surface area contributed by atoms with Gasteiger partial charge in [-0.2, -0.15) is 0 Å². The average molecular weight is 292 g/mol. The molecule has 1 heterocycles. The first-order valence-corrected chi connectivity index (χ1v) is 6.93. The van der Waals surface area contributed by atoms with E-state index in [1.165, 1.54) is 17.5 Å². The van der Waals surface area contributed by atoms with Crippen molar-refractivity contribution >= 4 is 17.4 Å². The van der Waals surface area contributed by atoms with Gasteiger partial charge in [0.25, 0.3) is 0 Å². The number of ether oxygens (including phenoxy) is 1. The van der Waals surface area contributed by atoms with Gasteiger partial charge in [-0.05, 0) is 24.5 Å². The summed E-state index contributed by atoms with van der Waals surface area (Å²) in [6.07, 6.45) is 2.46. The summed E-state index contributed by atoms with van der Waals surface area (Å²) < 4.78 is 5.23. The van der Waals surface area contributed by atoms with Crippen LogP contribution in [0.1, 0.15) is 31.0 Å². The molecule has 0 spiro atoms. The fourth-order valence-corrected chi connectivity index (χ4v) is 2.18. The van der Waals surface area contributed by atoms with Crippen LogP contribution in [-0.2, 0) is 6.42 Å². The van der Waals surface area contributed by atoms with Crippen molar-refractivity contribution in [1.82, 2.24) is 9.97 Å². The molecule has 1 aromatic heterocycles. The second-order valence-electron chi connectivity index (χ2n) is 4.51. The number of aromatic nitrogens is 2. The van der Waals surface area contributed by atoms with Gasteiger partial charge < -0.3 is 10.1 Å². The highest BCUT2D eigenvalue weighted by Crippen LogP contribution is 2.31. The maximum absolute atomic E-state index is 5.98. The van der Waals surface area contributed by atoms with E-state index in [2.05, 4.69) is 53.4 Å². The number of aryl methyl sites for hydroxylation is 1. The van der Waals surface area contributed by atoms with E-state index in [1.807, 2.05) is 0 Å². The van der Waals surface area contributed by atoms with Gasteiger partial charge in [-0.1, -0.05) is 42.8 Å². The fourth-order valence-electron chi connectivity index (χ4n) is 1.97. The second-order valence-corrected chi connectivity index (χ2v) is 4.87. The lowest BCUT2D eigenvalue weighted by Crippen LogP contribution is -2.09. The molecule has 0 amide bonds. The first kappa shape index (κ1) is 14.6. The minimum atomic E-state index is 0.0979. The highest BCUT2D eigenvalue weighted by atomic mass is 35.5. The molecule has 0 fully saturated rings. The molecule has 20 heavy (non-hydrogen) atoms. The van der Waals surface area contributed by atoms with E-state index < -0.39 is 0 Å². The standard InChI is InChI=1S/C15H18ClN3O/c1-4-11-5-7-12(8-6-11)10(2)19-15-13(20-3)14(16)17-9-18-15/h5-10H,4H2,1-3H3,(H,17,18,19). The van der Waals surface area contributed by atoms with E-state index in [9.17, 15) is 0 Å². The lowest BCUT2D eigenvalue weighted by Gasteiger charge is -2.17. The lowest BCUT2D eigenvalue weighted by atomic mass is 10.1. The first-order chi connectivity index (χ1) is 9.65. The van der Waals surface area contributed by atoms with Crippen LogP contribution in [0.5, 0.6) is 5.75 Å². The number of benzene rings is 1. The number of halogens is 1. The van der Waals surface area contributed by atoms with Gasteiger partial charge in [0.15, 0.2) is 16.7 Å². The SMILES string of the molecule is CCc1ccc(C(C)Nc2ncnc(Cl)c2OC)cc1. The van der Waals surface area contributed by atoms with Gasteiger partial charge >= 0.3 is 0 Å². The number of hydrogen-bond acceptors (Lipinski definition) is 4. The summed E-state index contributed by atoms with van der Waals surface area (Å²) in [7, 11) is 1.55. The van der Waals surface area contributed by atoms with Crippen LogP contribution >= 0.6 is 11.6 Å². The number of methoxy groups -OCH3 is 1. The topological polar surface area (TPSA) is 47.0 Å². The minimum absolute atomic E-state index is 0.0979. The molecule has 0 aliphatic heterocycles. The van der Waals surface area contributed by atoms with Gasteiger partial charge in [0.1, 0.15) is 6.33 Å². The summed E-state index contributed by atoms with van der Waals surface area (Å²) in [6.45, 7) is 4.21. The Kier molecular flexibility index (Phi) is 4.79. The first-order valence-electron chi connectivity index (χ1n) is 6.55. The molecule has 106 valence electrons. The normalized spacial score (nSPS) is 12.0. The van der Waals surface area contributed by atoms with Gasteiger partial charge in [0, 0.05) is 0 Å². The Bertz CT molecular complexity index is 572. The van der Waals surface area contributed by atoms with Crippen molar-refractivity contribution in [3.8, 4) is 5.75 Å². The molecule has 2 rings (SSSR count). The molecular weight excluding hydrogens is 274 g/mol. The zero-order valence-corrected chi connectivity index (χ0v) is 12.6. The Morgan fingerprint density at radius 2 is 1.95 bits per heavy atom. The molecule has 0 bridgehead atoms. The predicted molar refractivity (Wildman–Crippen MR) is 81.5 cm³/mol. The van der Waals surface area contributed by atoms with Crippen LogP contribution in [0.4, 0.5) is 5.82 Å². The highest BCUT2D eigenvalue weighted by Gasteiger charge is 2.13. The van der Waals surface area contributed by atoms with Crippen LogP contribution in [-0.4, -0.2) is 17.1 Å². The highest BCUT2D eigenvalue weighted by molar-refractivity contribution is 6.31. The van der Waals surface area contributed by atoms with Crippen molar-refractivity contribution < 1.29 is 4.74 Å². The summed E-state index contributed by atoms with van der Waals surface area (Å²) >= 11 is 5.98.